The van der Waals surface area contributed by atoms with Crippen LogP contribution in [-0.2, 0) is 51.2 Å². The maximum absolute atomic E-state index is 13.8. The average Bonchev–Trinajstić information content (AvgIpc) is 3.71. The lowest BCUT2D eigenvalue weighted by Crippen LogP contribution is -2.60. The minimum absolute atomic E-state index is 0.00803. The standard InChI is InChI=1S/C41H59N9O11/c1-22(2)17-28(35(43)55)46-33(54)20-44-37(57)29(18-25-9-6-5-7-10-25)47-36(56)23(3)45-38(58)30(19-26-12-14-27(53)15-13-26)48-39(59)31(21-51)49-40(60)32-11-8-16-50(32)41(61)34(42)24(4)52/h5-7,9-10,12-15,22-24,28-32,34,51-53H,8,11,16-21,42H2,1-4H3,(H2,43,55)(H,44,57)(H,45,58)(H,46,54)(H,47,56)(H,48,59)(H,49,60). The molecule has 0 aromatic heterocycles. The van der Waals surface area contributed by atoms with Gasteiger partial charge in [-0.3, -0.25) is 38.4 Å². The van der Waals surface area contributed by atoms with Crippen molar-refractivity contribution >= 4 is 47.3 Å². The van der Waals surface area contributed by atoms with Gasteiger partial charge in [0.1, 0.15) is 48.0 Å². The van der Waals surface area contributed by atoms with Crippen LogP contribution >= 0.6 is 0 Å². The van der Waals surface area contributed by atoms with Gasteiger partial charge >= 0.3 is 0 Å². The smallest absolute Gasteiger partial charge is 0.245 e. The number of phenolic OH excluding ortho intramolecular Hbond substituents is 1. The monoisotopic (exact) mass is 853 g/mol. The Balaban J connectivity index is 1.74. The number of hydrogen-bond donors (Lipinski definition) is 11. The van der Waals surface area contributed by atoms with Crippen LogP contribution < -0.4 is 43.4 Å². The summed E-state index contributed by atoms with van der Waals surface area (Å²) >= 11 is 0. The van der Waals surface area contributed by atoms with Gasteiger partial charge < -0.3 is 63.6 Å². The molecule has 0 saturated carbocycles. The average molecular weight is 854 g/mol. The largest absolute Gasteiger partial charge is 0.508 e. The second-order valence-corrected chi connectivity index (χ2v) is 15.5. The Morgan fingerprint density at radius 2 is 1.31 bits per heavy atom. The second-order valence-electron chi connectivity index (χ2n) is 15.5. The number of amides is 8. The van der Waals surface area contributed by atoms with E-state index >= 15 is 0 Å². The van der Waals surface area contributed by atoms with Crippen molar-refractivity contribution in [2.24, 2.45) is 17.4 Å². The summed E-state index contributed by atoms with van der Waals surface area (Å²) in [5.74, 6) is -6.24. The Kier molecular flexibility index (Phi) is 19.1. The molecular weight excluding hydrogens is 795 g/mol. The van der Waals surface area contributed by atoms with Gasteiger partial charge in [-0.15, -0.1) is 0 Å². The molecule has 2 aromatic rings. The number of aliphatic hydroxyl groups excluding tert-OH is 2. The zero-order valence-electron chi connectivity index (χ0n) is 34.8. The van der Waals surface area contributed by atoms with E-state index in [0.717, 1.165) is 0 Å². The maximum atomic E-state index is 13.8. The summed E-state index contributed by atoms with van der Waals surface area (Å²) in [7, 11) is 0. The number of phenols is 1. The summed E-state index contributed by atoms with van der Waals surface area (Å²) in [6, 6.07) is 5.59. The summed E-state index contributed by atoms with van der Waals surface area (Å²) in [5, 5.41) is 44.7. The van der Waals surface area contributed by atoms with Crippen molar-refractivity contribution in [2.45, 2.75) is 108 Å². The van der Waals surface area contributed by atoms with E-state index in [1.54, 1.807) is 30.3 Å². The van der Waals surface area contributed by atoms with Gasteiger partial charge in [0.25, 0.3) is 0 Å². The highest BCUT2D eigenvalue weighted by Gasteiger charge is 2.39. The number of benzene rings is 2. The highest BCUT2D eigenvalue weighted by molar-refractivity contribution is 5.97. The number of likely N-dealkylation sites (tertiary alicyclic amines) is 1. The zero-order chi connectivity index (χ0) is 45.4. The van der Waals surface area contributed by atoms with Crippen LogP contribution in [-0.4, -0.2) is 136 Å². The Morgan fingerprint density at radius 1 is 0.738 bits per heavy atom. The van der Waals surface area contributed by atoms with Gasteiger partial charge in [-0.1, -0.05) is 56.3 Å². The van der Waals surface area contributed by atoms with Crippen LogP contribution in [0.15, 0.2) is 54.6 Å². The third-order valence-electron chi connectivity index (χ3n) is 9.94. The van der Waals surface area contributed by atoms with Crippen LogP contribution in [0, 0.1) is 5.92 Å². The molecule has 20 heteroatoms. The Labute approximate surface area is 353 Å². The lowest BCUT2D eigenvalue weighted by molar-refractivity contribution is -0.142. The van der Waals surface area contributed by atoms with Crippen LogP contribution in [0.3, 0.4) is 0 Å². The topological polar surface area (TPSA) is 325 Å². The number of carbonyl (C=O) groups is 8. The molecule has 334 valence electrons. The van der Waals surface area contributed by atoms with E-state index in [1.807, 2.05) is 13.8 Å². The summed E-state index contributed by atoms with van der Waals surface area (Å²) < 4.78 is 0. The first-order valence-corrected chi connectivity index (χ1v) is 20.1. The van der Waals surface area contributed by atoms with Crippen molar-refractivity contribution in [1.29, 1.82) is 0 Å². The highest BCUT2D eigenvalue weighted by Crippen LogP contribution is 2.19. The van der Waals surface area contributed by atoms with Crippen LogP contribution in [0.1, 0.15) is 58.1 Å². The molecule has 8 unspecified atom stereocenters. The molecule has 61 heavy (non-hydrogen) atoms. The first-order valence-electron chi connectivity index (χ1n) is 20.1. The number of rotatable bonds is 22. The maximum Gasteiger partial charge on any atom is 0.245 e. The molecule has 0 bridgehead atoms. The van der Waals surface area contributed by atoms with E-state index in [4.69, 9.17) is 11.5 Å². The molecule has 3 rings (SSSR count). The fourth-order valence-corrected chi connectivity index (χ4v) is 6.50. The molecule has 8 atom stereocenters. The van der Waals surface area contributed by atoms with Gasteiger partial charge in [0, 0.05) is 19.4 Å². The molecule has 1 aliphatic rings. The number of primary amides is 1. The Morgan fingerprint density at radius 3 is 1.89 bits per heavy atom. The van der Waals surface area contributed by atoms with Gasteiger partial charge in [-0.05, 0) is 62.3 Å². The fraction of sp³-hybridized carbons (Fsp3) is 0.512. The quantitative estimate of drug-likeness (QED) is 0.0564. The molecular formula is C41H59N9O11. The highest BCUT2D eigenvalue weighted by atomic mass is 16.3. The van der Waals surface area contributed by atoms with Crippen molar-refractivity contribution in [2.75, 3.05) is 19.7 Å². The van der Waals surface area contributed by atoms with E-state index in [9.17, 15) is 53.7 Å². The number of carbonyl (C=O) groups excluding carboxylic acids is 8. The van der Waals surface area contributed by atoms with E-state index in [1.165, 1.54) is 43.0 Å². The normalized spacial score (nSPS) is 17.0. The van der Waals surface area contributed by atoms with Gasteiger partial charge in [0.2, 0.25) is 47.3 Å². The molecule has 13 N–H and O–H groups in total. The van der Waals surface area contributed by atoms with Gasteiger partial charge in [0.15, 0.2) is 0 Å². The van der Waals surface area contributed by atoms with Crippen molar-refractivity contribution in [3.63, 3.8) is 0 Å². The number of nitrogens with two attached hydrogens (primary N) is 2. The van der Waals surface area contributed by atoms with Crippen LogP contribution in [0.2, 0.25) is 0 Å². The predicted molar refractivity (Wildman–Crippen MR) is 220 cm³/mol. The van der Waals surface area contributed by atoms with Crippen LogP contribution in [0.25, 0.3) is 0 Å². The number of aliphatic hydroxyl groups is 2. The van der Waals surface area contributed by atoms with Crippen molar-refractivity contribution < 1.29 is 53.7 Å². The molecule has 1 heterocycles. The number of nitrogens with zero attached hydrogens (tertiary/aromatic N) is 1. The van der Waals surface area contributed by atoms with Crippen molar-refractivity contribution in [1.82, 2.24) is 36.8 Å². The fourth-order valence-electron chi connectivity index (χ4n) is 6.50. The molecule has 0 aliphatic carbocycles. The minimum Gasteiger partial charge on any atom is -0.508 e. The lowest BCUT2D eigenvalue weighted by atomic mass is 10.0. The third-order valence-corrected chi connectivity index (χ3v) is 9.94. The molecule has 1 fully saturated rings. The lowest BCUT2D eigenvalue weighted by Gasteiger charge is -2.29. The van der Waals surface area contributed by atoms with E-state index in [-0.39, 0.29) is 43.9 Å². The zero-order valence-corrected chi connectivity index (χ0v) is 34.8. The molecule has 0 radical (unpaired) electrons. The van der Waals surface area contributed by atoms with Crippen molar-refractivity contribution in [3.8, 4) is 5.75 Å². The molecule has 1 aliphatic heterocycles. The second kappa shape index (κ2) is 23.6. The third kappa shape index (κ3) is 15.5. The van der Waals surface area contributed by atoms with Crippen molar-refractivity contribution in [3.05, 3.63) is 65.7 Å². The van der Waals surface area contributed by atoms with Crippen LogP contribution in [0.5, 0.6) is 5.75 Å². The summed E-state index contributed by atoms with van der Waals surface area (Å²) in [5.41, 5.74) is 12.4. The van der Waals surface area contributed by atoms with E-state index in [2.05, 4.69) is 31.9 Å². The van der Waals surface area contributed by atoms with Gasteiger partial charge in [0.05, 0.1) is 19.3 Å². The molecule has 20 nitrogen and oxygen atoms in total. The summed E-state index contributed by atoms with van der Waals surface area (Å²) in [6.07, 6.45) is -0.402. The molecule has 0 spiro atoms. The number of aromatic hydroxyl groups is 1. The summed E-state index contributed by atoms with van der Waals surface area (Å²) in [6.45, 7) is 5.13. The Bertz CT molecular complexity index is 1850. The molecule has 2 aromatic carbocycles. The SMILES string of the molecule is CC(C)CC(NC(=O)CNC(=O)C(Cc1ccccc1)NC(=O)C(C)NC(=O)C(Cc1ccc(O)cc1)NC(=O)C(CO)NC(=O)C1CCCN1C(=O)C(N)C(C)O)C(N)=O. The van der Waals surface area contributed by atoms with E-state index in [0.29, 0.717) is 17.5 Å². The molecule has 1 saturated heterocycles. The summed E-state index contributed by atoms with van der Waals surface area (Å²) in [4.78, 5) is 106. The first kappa shape index (κ1) is 49.2. The van der Waals surface area contributed by atoms with Gasteiger partial charge in [-0.2, -0.15) is 0 Å². The minimum atomic E-state index is -1.58. The molecule has 8 amide bonds. The van der Waals surface area contributed by atoms with Gasteiger partial charge in [-0.25, -0.2) is 0 Å². The predicted octanol–water partition coefficient (Wildman–Crippen LogP) is -3.04. The Hall–Kier alpha value is -6.12. The number of nitrogens with one attached hydrogen (secondary N) is 6. The van der Waals surface area contributed by atoms with Crippen LogP contribution in [0.4, 0.5) is 0 Å². The number of hydrogen-bond acceptors (Lipinski definition) is 12. The van der Waals surface area contributed by atoms with E-state index < -0.39 is 109 Å². The first-order chi connectivity index (χ1) is 28.8.